The molecular weight excluding hydrogens is 272 g/mol. The molecule has 6 heteroatoms. The van der Waals surface area contributed by atoms with E-state index in [1.165, 1.54) is 12.5 Å². The van der Waals surface area contributed by atoms with Crippen molar-refractivity contribution in [1.82, 2.24) is 5.32 Å². The van der Waals surface area contributed by atoms with Gasteiger partial charge in [0.05, 0.1) is 18.1 Å². The Bertz CT molecular complexity index is 473. The van der Waals surface area contributed by atoms with Crippen molar-refractivity contribution in [3.63, 3.8) is 0 Å². The molecule has 1 aromatic rings. The number of nitro groups is 1. The third-order valence-corrected chi connectivity index (χ3v) is 3.71. The highest BCUT2D eigenvalue weighted by atomic mass is 16.6. The number of nitrogens with one attached hydrogen (secondary N) is 1. The molecule has 0 aliphatic carbocycles. The lowest BCUT2D eigenvalue weighted by molar-refractivity contribution is -0.384. The van der Waals surface area contributed by atoms with E-state index in [1.54, 1.807) is 19.2 Å². The molecule has 0 amide bonds. The number of hydrogen-bond acceptors (Lipinski definition) is 5. The fraction of sp³-hybridized carbons (Fsp3) is 0.600. The zero-order valence-electron chi connectivity index (χ0n) is 12.3. The summed E-state index contributed by atoms with van der Waals surface area (Å²) in [5.41, 5.74) is 0.888. The average Bonchev–Trinajstić information content (AvgIpc) is 2.52. The van der Waals surface area contributed by atoms with Gasteiger partial charge in [0.15, 0.2) is 0 Å². The van der Waals surface area contributed by atoms with Gasteiger partial charge in [-0.25, -0.2) is 0 Å². The molecule has 1 aliphatic rings. The molecule has 0 bridgehead atoms. The Morgan fingerprint density at radius 2 is 2.33 bits per heavy atom. The number of nitro benzene ring substituents is 1. The van der Waals surface area contributed by atoms with Crippen molar-refractivity contribution in [3.8, 4) is 5.75 Å². The highest BCUT2D eigenvalue weighted by molar-refractivity contribution is 5.43. The van der Waals surface area contributed by atoms with Crippen molar-refractivity contribution in [1.29, 1.82) is 0 Å². The quantitative estimate of drug-likeness (QED) is 0.475. The van der Waals surface area contributed by atoms with E-state index in [0.717, 1.165) is 38.0 Å². The zero-order chi connectivity index (χ0) is 15.1. The molecule has 1 atom stereocenters. The summed E-state index contributed by atoms with van der Waals surface area (Å²) in [6, 6.07) is 4.65. The molecule has 1 heterocycles. The average molecular weight is 294 g/mol. The SMILES string of the molecule is COc1ccc([N+](=O)[O-])cc1CNCCC1CCCCO1. The third-order valence-electron chi connectivity index (χ3n) is 3.71. The number of methoxy groups -OCH3 is 1. The van der Waals surface area contributed by atoms with Crippen molar-refractivity contribution >= 4 is 5.69 Å². The molecule has 1 aromatic carbocycles. The van der Waals surface area contributed by atoms with E-state index in [-0.39, 0.29) is 5.69 Å². The lowest BCUT2D eigenvalue weighted by Gasteiger charge is -2.22. The molecule has 1 saturated heterocycles. The van der Waals surface area contributed by atoms with Crippen molar-refractivity contribution in [3.05, 3.63) is 33.9 Å². The summed E-state index contributed by atoms with van der Waals surface area (Å²) in [7, 11) is 1.57. The van der Waals surface area contributed by atoms with Gasteiger partial charge in [0.2, 0.25) is 0 Å². The van der Waals surface area contributed by atoms with Crippen LogP contribution in [0.15, 0.2) is 18.2 Å². The largest absolute Gasteiger partial charge is 0.496 e. The molecule has 21 heavy (non-hydrogen) atoms. The van der Waals surface area contributed by atoms with Gasteiger partial charge in [0, 0.05) is 30.8 Å². The van der Waals surface area contributed by atoms with Gasteiger partial charge in [0.1, 0.15) is 5.75 Å². The van der Waals surface area contributed by atoms with Gasteiger partial charge in [-0.1, -0.05) is 0 Å². The topological polar surface area (TPSA) is 73.6 Å². The smallest absolute Gasteiger partial charge is 0.270 e. The normalized spacial score (nSPS) is 18.4. The Hall–Kier alpha value is -1.66. The number of ether oxygens (including phenoxy) is 2. The number of rotatable bonds is 7. The van der Waals surface area contributed by atoms with Crippen LogP contribution in [0.3, 0.4) is 0 Å². The van der Waals surface area contributed by atoms with E-state index in [9.17, 15) is 10.1 Å². The molecule has 116 valence electrons. The first-order valence-electron chi connectivity index (χ1n) is 7.34. The third kappa shape index (κ3) is 4.68. The Morgan fingerprint density at radius 3 is 3.00 bits per heavy atom. The van der Waals surface area contributed by atoms with Gasteiger partial charge < -0.3 is 14.8 Å². The minimum absolute atomic E-state index is 0.0863. The zero-order valence-corrected chi connectivity index (χ0v) is 12.3. The number of nitrogens with zero attached hydrogens (tertiary/aromatic N) is 1. The number of hydrogen-bond donors (Lipinski definition) is 1. The predicted molar refractivity (Wildman–Crippen MR) is 79.6 cm³/mol. The minimum atomic E-state index is -0.390. The Balaban J connectivity index is 1.83. The van der Waals surface area contributed by atoms with Crippen LogP contribution in [0.2, 0.25) is 0 Å². The Labute approximate surface area is 124 Å². The summed E-state index contributed by atoms with van der Waals surface area (Å²) in [5.74, 6) is 0.669. The minimum Gasteiger partial charge on any atom is -0.496 e. The maximum Gasteiger partial charge on any atom is 0.270 e. The van der Waals surface area contributed by atoms with Crippen LogP contribution in [-0.2, 0) is 11.3 Å². The standard InChI is InChI=1S/C15H22N2O4/c1-20-15-6-5-13(17(18)19)10-12(15)11-16-8-7-14-4-2-3-9-21-14/h5-6,10,14,16H,2-4,7-9,11H2,1H3. The van der Waals surface area contributed by atoms with E-state index in [4.69, 9.17) is 9.47 Å². The molecule has 1 fully saturated rings. The molecular formula is C15H22N2O4. The van der Waals surface area contributed by atoms with Crippen molar-refractivity contribution < 1.29 is 14.4 Å². The summed E-state index contributed by atoms with van der Waals surface area (Å²) in [5, 5.41) is 14.1. The van der Waals surface area contributed by atoms with Crippen molar-refractivity contribution in [2.24, 2.45) is 0 Å². The van der Waals surface area contributed by atoms with Crippen LogP contribution >= 0.6 is 0 Å². The molecule has 2 rings (SSSR count). The number of benzene rings is 1. The highest BCUT2D eigenvalue weighted by Crippen LogP contribution is 2.23. The second kappa shape index (κ2) is 7.95. The summed E-state index contributed by atoms with van der Waals surface area (Å²) in [6.45, 7) is 2.25. The van der Waals surface area contributed by atoms with Gasteiger partial charge in [-0.05, 0) is 38.3 Å². The molecule has 1 N–H and O–H groups in total. The highest BCUT2D eigenvalue weighted by Gasteiger charge is 2.14. The second-order valence-corrected chi connectivity index (χ2v) is 5.21. The predicted octanol–water partition coefficient (Wildman–Crippen LogP) is 2.65. The van der Waals surface area contributed by atoms with Crippen molar-refractivity contribution in [2.45, 2.75) is 38.3 Å². The van der Waals surface area contributed by atoms with Crippen LogP contribution in [0.4, 0.5) is 5.69 Å². The van der Waals surface area contributed by atoms with E-state index < -0.39 is 4.92 Å². The Morgan fingerprint density at radius 1 is 1.48 bits per heavy atom. The summed E-state index contributed by atoms with van der Waals surface area (Å²) >= 11 is 0. The maximum absolute atomic E-state index is 10.8. The summed E-state index contributed by atoms with van der Waals surface area (Å²) in [4.78, 5) is 10.4. The fourth-order valence-corrected chi connectivity index (χ4v) is 2.54. The van der Waals surface area contributed by atoms with Crippen LogP contribution < -0.4 is 10.1 Å². The second-order valence-electron chi connectivity index (χ2n) is 5.21. The summed E-state index contributed by atoms with van der Waals surface area (Å²) < 4.78 is 10.9. The van der Waals surface area contributed by atoms with E-state index >= 15 is 0 Å². The monoisotopic (exact) mass is 294 g/mol. The Kier molecular flexibility index (Phi) is 5.95. The lowest BCUT2D eigenvalue weighted by Crippen LogP contribution is -2.25. The van der Waals surface area contributed by atoms with Crippen LogP contribution in [0.25, 0.3) is 0 Å². The summed E-state index contributed by atoms with van der Waals surface area (Å²) in [6.07, 6.45) is 4.84. The molecule has 0 radical (unpaired) electrons. The molecule has 1 unspecified atom stereocenters. The molecule has 0 spiro atoms. The molecule has 6 nitrogen and oxygen atoms in total. The van der Waals surface area contributed by atoms with Crippen LogP contribution in [0.5, 0.6) is 5.75 Å². The number of non-ortho nitro benzene ring substituents is 1. The molecule has 0 saturated carbocycles. The van der Waals surface area contributed by atoms with Crippen LogP contribution in [-0.4, -0.2) is 31.3 Å². The van der Waals surface area contributed by atoms with E-state index in [1.807, 2.05) is 0 Å². The molecule has 1 aliphatic heterocycles. The first-order valence-corrected chi connectivity index (χ1v) is 7.34. The molecule has 0 aromatic heterocycles. The van der Waals surface area contributed by atoms with Crippen LogP contribution in [0.1, 0.15) is 31.2 Å². The van der Waals surface area contributed by atoms with Gasteiger partial charge >= 0.3 is 0 Å². The van der Waals surface area contributed by atoms with E-state index in [0.29, 0.717) is 18.4 Å². The maximum atomic E-state index is 10.8. The van der Waals surface area contributed by atoms with Gasteiger partial charge in [0.25, 0.3) is 5.69 Å². The van der Waals surface area contributed by atoms with Gasteiger partial charge in [-0.3, -0.25) is 10.1 Å². The first-order chi connectivity index (χ1) is 10.2. The van der Waals surface area contributed by atoms with Gasteiger partial charge in [-0.15, -0.1) is 0 Å². The van der Waals surface area contributed by atoms with Crippen LogP contribution in [0, 0.1) is 10.1 Å². The first kappa shape index (κ1) is 15.7. The lowest BCUT2D eigenvalue weighted by atomic mass is 10.1. The fourth-order valence-electron chi connectivity index (χ4n) is 2.54. The van der Waals surface area contributed by atoms with E-state index in [2.05, 4.69) is 5.32 Å². The van der Waals surface area contributed by atoms with Gasteiger partial charge in [-0.2, -0.15) is 0 Å². The van der Waals surface area contributed by atoms with Crippen molar-refractivity contribution in [2.75, 3.05) is 20.3 Å².